The van der Waals surface area contributed by atoms with Gasteiger partial charge in [0.1, 0.15) is 5.01 Å². The van der Waals surface area contributed by atoms with Crippen LogP contribution >= 0.6 is 22.9 Å². The summed E-state index contributed by atoms with van der Waals surface area (Å²) in [5.74, 6) is -0.398. The highest BCUT2D eigenvalue weighted by atomic mass is 35.5. The molecule has 1 aromatic heterocycles. The third-order valence-electron chi connectivity index (χ3n) is 4.40. The number of para-hydroxylation sites is 1. The lowest BCUT2D eigenvalue weighted by Crippen LogP contribution is -2.25. The number of amides is 1. The van der Waals surface area contributed by atoms with Crippen LogP contribution in [0.2, 0.25) is 0 Å². The number of aromatic nitrogens is 1. The van der Waals surface area contributed by atoms with Gasteiger partial charge in [-0.1, -0.05) is 36.4 Å². The number of thiazole rings is 1. The zero-order chi connectivity index (χ0) is 17.4. The zero-order valence-corrected chi connectivity index (χ0v) is 14.9. The lowest BCUT2D eigenvalue weighted by molar-refractivity contribution is -0.128. The van der Waals surface area contributed by atoms with Crippen molar-refractivity contribution in [1.29, 1.82) is 0 Å². The minimum absolute atomic E-state index is 0.0192. The molecule has 2 aromatic carbocycles. The summed E-state index contributed by atoms with van der Waals surface area (Å²) in [5.41, 5.74) is 3.10. The van der Waals surface area contributed by atoms with Gasteiger partial charge >= 0.3 is 0 Å². The normalized spacial score (nSPS) is 17.4. The van der Waals surface area contributed by atoms with E-state index in [1.165, 1.54) is 4.70 Å². The summed E-state index contributed by atoms with van der Waals surface area (Å²) in [4.78, 5) is 29.6. The van der Waals surface area contributed by atoms with Crippen LogP contribution in [0.3, 0.4) is 0 Å². The number of nitrogens with zero attached hydrogens (tertiary/aromatic N) is 2. The second kappa shape index (κ2) is 6.58. The Morgan fingerprint density at radius 1 is 1.20 bits per heavy atom. The first-order valence-electron chi connectivity index (χ1n) is 8.02. The summed E-state index contributed by atoms with van der Waals surface area (Å²) in [6, 6.07) is 16.1. The van der Waals surface area contributed by atoms with Crippen LogP contribution in [0, 0.1) is 5.92 Å². The van der Waals surface area contributed by atoms with Crippen LogP contribution in [0.1, 0.15) is 12.0 Å². The molecule has 2 heterocycles. The van der Waals surface area contributed by atoms with Gasteiger partial charge in [-0.15, -0.1) is 11.3 Å². The van der Waals surface area contributed by atoms with E-state index in [9.17, 15) is 9.59 Å². The van der Waals surface area contributed by atoms with Crippen LogP contribution in [0.15, 0.2) is 48.5 Å². The standard InChI is InChI=1S/C19H15ClN2O2S/c20-18(24)14-9-17(23)22(11-14)10-12-5-7-13(8-6-12)19-21-15-3-1-2-4-16(15)25-19/h1-8,14H,9-11H2. The molecule has 126 valence electrons. The molecule has 1 atom stereocenters. The molecule has 0 bridgehead atoms. The van der Waals surface area contributed by atoms with Crippen molar-refractivity contribution in [3.05, 3.63) is 54.1 Å². The lowest BCUT2D eigenvalue weighted by atomic mass is 10.1. The van der Waals surface area contributed by atoms with Gasteiger partial charge in [0.2, 0.25) is 11.1 Å². The molecular formula is C19H15ClN2O2S. The number of rotatable bonds is 4. The van der Waals surface area contributed by atoms with Gasteiger partial charge in [-0.2, -0.15) is 0 Å². The third kappa shape index (κ3) is 3.30. The molecule has 0 N–H and O–H groups in total. The maximum atomic E-state index is 12.0. The Morgan fingerprint density at radius 2 is 1.96 bits per heavy atom. The molecule has 0 spiro atoms. The molecule has 0 radical (unpaired) electrons. The number of benzene rings is 2. The molecule has 1 aliphatic rings. The Labute approximate surface area is 154 Å². The smallest absolute Gasteiger partial charge is 0.227 e. The van der Waals surface area contributed by atoms with E-state index >= 15 is 0 Å². The number of hydrogen-bond donors (Lipinski definition) is 0. The average molecular weight is 371 g/mol. The molecule has 3 aromatic rings. The molecule has 1 saturated heterocycles. The Bertz CT molecular complexity index is 918. The second-order valence-electron chi connectivity index (χ2n) is 6.16. The van der Waals surface area contributed by atoms with Crippen molar-refractivity contribution >= 4 is 44.3 Å². The summed E-state index contributed by atoms with van der Waals surface area (Å²) in [5, 5.41) is 0.555. The minimum Gasteiger partial charge on any atom is -0.338 e. The molecule has 4 nitrogen and oxygen atoms in total. The Morgan fingerprint density at radius 3 is 2.64 bits per heavy atom. The topological polar surface area (TPSA) is 50.3 Å². The van der Waals surface area contributed by atoms with E-state index in [1.807, 2.05) is 42.5 Å². The van der Waals surface area contributed by atoms with E-state index in [4.69, 9.17) is 11.6 Å². The second-order valence-corrected chi connectivity index (χ2v) is 7.57. The Hall–Kier alpha value is -2.24. The van der Waals surface area contributed by atoms with Crippen molar-refractivity contribution in [2.75, 3.05) is 6.54 Å². The van der Waals surface area contributed by atoms with Crippen molar-refractivity contribution in [2.24, 2.45) is 5.92 Å². The molecule has 6 heteroatoms. The fourth-order valence-electron chi connectivity index (χ4n) is 3.05. The van der Waals surface area contributed by atoms with E-state index in [0.717, 1.165) is 21.7 Å². The molecule has 25 heavy (non-hydrogen) atoms. The SMILES string of the molecule is O=C(Cl)C1CC(=O)N(Cc2ccc(-c3nc4ccccc4s3)cc2)C1. The van der Waals surface area contributed by atoms with Gasteiger partial charge in [0.05, 0.1) is 16.1 Å². The largest absolute Gasteiger partial charge is 0.338 e. The molecule has 1 amide bonds. The quantitative estimate of drug-likeness (QED) is 0.650. The van der Waals surface area contributed by atoms with Crippen LogP contribution in [-0.4, -0.2) is 27.6 Å². The first kappa shape index (κ1) is 16.2. The van der Waals surface area contributed by atoms with E-state index in [0.29, 0.717) is 13.1 Å². The highest BCUT2D eigenvalue weighted by Gasteiger charge is 2.33. The van der Waals surface area contributed by atoms with E-state index in [-0.39, 0.29) is 18.2 Å². The van der Waals surface area contributed by atoms with Gasteiger partial charge in [-0.05, 0) is 29.3 Å². The third-order valence-corrected chi connectivity index (χ3v) is 5.80. The van der Waals surface area contributed by atoms with Crippen molar-refractivity contribution in [1.82, 2.24) is 9.88 Å². The monoisotopic (exact) mass is 370 g/mol. The predicted molar refractivity (Wildman–Crippen MR) is 99.4 cm³/mol. The number of halogens is 1. The van der Waals surface area contributed by atoms with E-state index < -0.39 is 5.24 Å². The van der Waals surface area contributed by atoms with E-state index in [2.05, 4.69) is 11.1 Å². The molecule has 4 rings (SSSR count). The van der Waals surface area contributed by atoms with Crippen LogP contribution < -0.4 is 0 Å². The number of carbonyl (C=O) groups excluding carboxylic acids is 2. The first-order valence-corrected chi connectivity index (χ1v) is 9.21. The lowest BCUT2D eigenvalue weighted by Gasteiger charge is -2.16. The number of likely N-dealkylation sites (tertiary alicyclic amines) is 1. The van der Waals surface area contributed by atoms with Crippen molar-refractivity contribution in [3.63, 3.8) is 0 Å². The fraction of sp³-hybridized carbons (Fsp3) is 0.211. The van der Waals surface area contributed by atoms with Gasteiger partial charge in [-0.25, -0.2) is 4.98 Å². The van der Waals surface area contributed by atoms with Crippen molar-refractivity contribution in [3.8, 4) is 10.6 Å². The first-order chi connectivity index (χ1) is 12.1. The predicted octanol–water partition coefficient (Wildman–Crippen LogP) is 4.08. The zero-order valence-electron chi connectivity index (χ0n) is 13.3. The summed E-state index contributed by atoms with van der Waals surface area (Å²) in [7, 11) is 0. The van der Waals surface area contributed by atoms with Crippen LogP contribution in [0.5, 0.6) is 0 Å². The summed E-state index contributed by atoms with van der Waals surface area (Å²) in [6.07, 6.45) is 0.214. The Kier molecular flexibility index (Phi) is 4.27. The number of carbonyl (C=O) groups is 2. The minimum atomic E-state index is -0.429. The molecule has 0 saturated carbocycles. The van der Waals surface area contributed by atoms with Gasteiger partial charge in [0, 0.05) is 25.1 Å². The van der Waals surface area contributed by atoms with Crippen LogP contribution in [-0.2, 0) is 16.1 Å². The van der Waals surface area contributed by atoms with Gasteiger partial charge in [-0.3, -0.25) is 9.59 Å². The fourth-order valence-corrected chi connectivity index (χ4v) is 4.16. The molecule has 0 aliphatic carbocycles. The summed E-state index contributed by atoms with van der Waals surface area (Å²) < 4.78 is 1.17. The highest BCUT2D eigenvalue weighted by molar-refractivity contribution is 7.21. The van der Waals surface area contributed by atoms with E-state index in [1.54, 1.807) is 16.2 Å². The maximum Gasteiger partial charge on any atom is 0.227 e. The number of hydrogen-bond acceptors (Lipinski definition) is 4. The van der Waals surface area contributed by atoms with Gasteiger partial charge in [0.25, 0.3) is 0 Å². The molecule has 1 aliphatic heterocycles. The van der Waals surface area contributed by atoms with Gasteiger partial charge < -0.3 is 4.90 Å². The molecule has 1 unspecified atom stereocenters. The van der Waals surface area contributed by atoms with Crippen LogP contribution in [0.25, 0.3) is 20.8 Å². The summed E-state index contributed by atoms with van der Waals surface area (Å²) in [6.45, 7) is 0.903. The molecule has 1 fully saturated rings. The summed E-state index contributed by atoms with van der Waals surface area (Å²) >= 11 is 7.18. The van der Waals surface area contributed by atoms with Crippen molar-refractivity contribution < 1.29 is 9.59 Å². The maximum absolute atomic E-state index is 12.0. The Balaban J connectivity index is 1.50. The average Bonchev–Trinajstić information content (AvgIpc) is 3.20. The van der Waals surface area contributed by atoms with Crippen LogP contribution in [0.4, 0.5) is 0 Å². The van der Waals surface area contributed by atoms with Gasteiger partial charge in [0.15, 0.2) is 0 Å². The number of fused-ring (bicyclic) bond motifs is 1. The van der Waals surface area contributed by atoms with Crippen molar-refractivity contribution in [2.45, 2.75) is 13.0 Å². The molecular weight excluding hydrogens is 356 g/mol. The highest BCUT2D eigenvalue weighted by Crippen LogP contribution is 2.30.